The Morgan fingerprint density at radius 2 is 2.33 bits per heavy atom. The van der Waals surface area contributed by atoms with Crippen molar-refractivity contribution in [2.75, 3.05) is 5.75 Å². The molecule has 1 N–H and O–H groups in total. The Morgan fingerprint density at radius 3 is 3.00 bits per heavy atom. The molecule has 1 aromatic rings. The van der Waals surface area contributed by atoms with Gasteiger partial charge in [0.05, 0.1) is 4.21 Å². The topological polar surface area (TPSA) is 37.3 Å². The molecule has 0 spiro atoms. The molecule has 0 fully saturated rings. The Kier molecular flexibility index (Phi) is 5.79. The SMILES string of the molecule is CCCSc1ccc(CCCC(=O)O)s1. The number of thiophene rings is 1. The van der Waals surface area contributed by atoms with E-state index < -0.39 is 5.97 Å². The van der Waals surface area contributed by atoms with E-state index in [1.54, 1.807) is 11.3 Å². The van der Waals surface area contributed by atoms with E-state index in [9.17, 15) is 4.79 Å². The molecule has 1 rings (SSSR count). The smallest absolute Gasteiger partial charge is 0.303 e. The fraction of sp³-hybridized carbons (Fsp3) is 0.545. The molecule has 15 heavy (non-hydrogen) atoms. The summed E-state index contributed by atoms with van der Waals surface area (Å²) in [4.78, 5) is 11.6. The molecule has 4 heteroatoms. The van der Waals surface area contributed by atoms with Gasteiger partial charge < -0.3 is 5.11 Å². The van der Waals surface area contributed by atoms with Crippen LogP contribution in [0.3, 0.4) is 0 Å². The molecule has 0 saturated carbocycles. The highest BCUT2D eigenvalue weighted by Crippen LogP contribution is 2.28. The summed E-state index contributed by atoms with van der Waals surface area (Å²) in [6.45, 7) is 2.17. The first-order valence-electron chi connectivity index (χ1n) is 5.15. The van der Waals surface area contributed by atoms with Crippen LogP contribution in [0.15, 0.2) is 16.3 Å². The number of carboxylic acid groups (broad SMARTS) is 1. The zero-order chi connectivity index (χ0) is 11.1. The summed E-state index contributed by atoms with van der Waals surface area (Å²) < 4.78 is 1.35. The molecule has 0 aliphatic rings. The van der Waals surface area contributed by atoms with Gasteiger partial charge in [-0.2, -0.15) is 0 Å². The van der Waals surface area contributed by atoms with Gasteiger partial charge in [0.15, 0.2) is 0 Å². The molecule has 1 aromatic heterocycles. The van der Waals surface area contributed by atoms with E-state index in [1.807, 2.05) is 11.8 Å². The van der Waals surface area contributed by atoms with Gasteiger partial charge in [-0.15, -0.1) is 23.1 Å². The third kappa shape index (κ3) is 5.23. The van der Waals surface area contributed by atoms with Crippen molar-refractivity contribution in [2.45, 2.75) is 36.8 Å². The van der Waals surface area contributed by atoms with Crippen molar-refractivity contribution in [1.29, 1.82) is 0 Å². The first-order valence-corrected chi connectivity index (χ1v) is 6.96. The summed E-state index contributed by atoms with van der Waals surface area (Å²) >= 11 is 3.68. The molecule has 0 radical (unpaired) electrons. The lowest BCUT2D eigenvalue weighted by molar-refractivity contribution is -0.137. The Bertz CT molecular complexity index is 307. The Balaban J connectivity index is 2.29. The second-order valence-corrected chi connectivity index (χ2v) is 5.88. The van der Waals surface area contributed by atoms with Crippen molar-refractivity contribution in [3.05, 3.63) is 17.0 Å². The maximum absolute atomic E-state index is 10.3. The van der Waals surface area contributed by atoms with Gasteiger partial charge in [0.2, 0.25) is 0 Å². The maximum atomic E-state index is 10.3. The van der Waals surface area contributed by atoms with E-state index in [0.29, 0.717) is 0 Å². The Labute approximate surface area is 98.7 Å². The molecule has 0 saturated heterocycles. The highest BCUT2D eigenvalue weighted by atomic mass is 32.2. The molecule has 0 aliphatic heterocycles. The maximum Gasteiger partial charge on any atom is 0.303 e. The summed E-state index contributed by atoms with van der Waals surface area (Å²) in [6, 6.07) is 4.26. The number of hydrogen-bond acceptors (Lipinski definition) is 3. The lowest BCUT2D eigenvalue weighted by atomic mass is 10.2. The normalized spacial score (nSPS) is 10.5. The first-order chi connectivity index (χ1) is 7.22. The van der Waals surface area contributed by atoms with E-state index in [2.05, 4.69) is 19.1 Å². The van der Waals surface area contributed by atoms with Crippen LogP contribution in [0.1, 0.15) is 31.1 Å². The molecule has 0 aromatic carbocycles. The third-order valence-electron chi connectivity index (χ3n) is 1.90. The molecule has 0 amide bonds. The zero-order valence-electron chi connectivity index (χ0n) is 8.86. The predicted molar refractivity (Wildman–Crippen MR) is 65.9 cm³/mol. The van der Waals surface area contributed by atoms with Gasteiger partial charge in [0, 0.05) is 11.3 Å². The fourth-order valence-electron chi connectivity index (χ4n) is 1.19. The zero-order valence-corrected chi connectivity index (χ0v) is 10.5. The van der Waals surface area contributed by atoms with E-state index in [0.717, 1.165) is 18.6 Å². The van der Waals surface area contributed by atoms with E-state index in [4.69, 9.17) is 5.11 Å². The number of hydrogen-bond donors (Lipinski definition) is 1. The van der Waals surface area contributed by atoms with Gasteiger partial charge in [0.1, 0.15) is 0 Å². The number of aliphatic carboxylic acids is 1. The number of rotatable bonds is 7. The van der Waals surface area contributed by atoms with Gasteiger partial charge >= 0.3 is 5.97 Å². The number of carbonyl (C=O) groups is 1. The molecule has 0 aliphatic carbocycles. The van der Waals surface area contributed by atoms with Gasteiger partial charge in [-0.25, -0.2) is 0 Å². The summed E-state index contributed by atoms with van der Waals surface area (Å²) in [5.41, 5.74) is 0. The third-order valence-corrected chi connectivity index (χ3v) is 4.48. The molecule has 0 atom stereocenters. The standard InChI is InChI=1S/C11H16O2S2/c1-2-8-14-11-7-6-9(15-11)4-3-5-10(12)13/h6-7H,2-5,8H2,1H3,(H,12,13). The average molecular weight is 244 g/mol. The van der Waals surface area contributed by atoms with Gasteiger partial charge in [-0.1, -0.05) is 6.92 Å². The predicted octanol–water partition coefficient (Wildman–Crippen LogP) is 3.66. The van der Waals surface area contributed by atoms with Crippen LogP contribution in [0.25, 0.3) is 0 Å². The van der Waals surface area contributed by atoms with E-state index in [-0.39, 0.29) is 6.42 Å². The Morgan fingerprint density at radius 1 is 1.53 bits per heavy atom. The van der Waals surface area contributed by atoms with Crippen LogP contribution in [-0.2, 0) is 11.2 Å². The lowest BCUT2D eigenvalue weighted by Gasteiger charge is -1.95. The molecule has 0 unspecified atom stereocenters. The number of thioether (sulfide) groups is 1. The minimum absolute atomic E-state index is 0.273. The largest absolute Gasteiger partial charge is 0.481 e. The van der Waals surface area contributed by atoms with Crippen LogP contribution in [0.5, 0.6) is 0 Å². The van der Waals surface area contributed by atoms with Crippen LogP contribution in [0, 0.1) is 0 Å². The lowest BCUT2D eigenvalue weighted by Crippen LogP contribution is -1.94. The van der Waals surface area contributed by atoms with Gasteiger partial charge in [0.25, 0.3) is 0 Å². The van der Waals surface area contributed by atoms with Crippen LogP contribution in [0.4, 0.5) is 0 Å². The average Bonchev–Trinajstić information content (AvgIpc) is 2.62. The van der Waals surface area contributed by atoms with Crippen molar-refractivity contribution in [2.24, 2.45) is 0 Å². The summed E-state index contributed by atoms with van der Waals surface area (Å²) in [6.07, 6.45) is 3.10. The second-order valence-electron chi connectivity index (χ2n) is 3.32. The number of carboxylic acids is 1. The van der Waals surface area contributed by atoms with Gasteiger partial charge in [-0.3, -0.25) is 4.79 Å². The highest BCUT2D eigenvalue weighted by Gasteiger charge is 2.02. The monoisotopic (exact) mass is 244 g/mol. The molecule has 1 heterocycles. The molecule has 84 valence electrons. The number of aryl methyl sites for hydroxylation is 1. The molecule has 2 nitrogen and oxygen atoms in total. The van der Waals surface area contributed by atoms with Crippen molar-refractivity contribution in [3.63, 3.8) is 0 Å². The molecular weight excluding hydrogens is 228 g/mol. The summed E-state index contributed by atoms with van der Waals surface area (Å²) in [7, 11) is 0. The minimum atomic E-state index is -0.702. The highest BCUT2D eigenvalue weighted by molar-refractivity contribution is 8.01. The molecule has 0 bridgehead atoms. The minimum Gasteiger partial charge on any atom is -0.481 e. The van der Waals surface area contributed by atoms with Crippen LogP contribution in [-0.4, -0.2) is 16.8 Å². The summed E-state index contributed by atoms with van der Waals surface area (Å²) in [5.74, 6) is 0.460. The van der Waals surface area contributed by atoms with E-state index >= 15 is 0 Å². The van der Waals surface area contributed by atoms with Crippen molar-refractivity contribution in [3.8, 4) is 0 Å². The Hall–Kier alpha value is -0.480. The molecular formula is C11H16O2S2. The van der Waals surface area contributed by atoms with Crippen molar-refractivity contribution in [1.82, 2.24) is 0 Å². The van der Waals surface area contributed by atoms with Crippen molar-refractivity contribution < 1.29 is 9.90 Å². The van der Waals surface area contributed by atoms with E-state index in [1.165, 1.54) is 15.5 Å². The second kappa shape index (κ2) is 6.90. The van der Waals surface area contributed by atoms with Crippen LogP contribution in [0.2, 0.25) is 0 Å². The van der Waals surface area contributed by atoms with Crippen LogP contribution >= 0.6 is 23.1 Å². The first kappa shape index (κ1) is 12.6. The van der Waals surface area contributed by atoms with Crippen LogP contribution < -0.4 is 0 Å². The quantitative estimate of drug-likeness (QED) is 0.744. The van der Waals surface area contributed by atoms with Gasteiger partial charge in [-0.05, 0) is 37.1 Å². The summed E-state index contributed by atoms with van der Waals surface area (Å²) in [5, 5.41) is 8.51. The van der Waals surface area contributed by atoms with Crippen molar-refractivity contribution >= 4 is 29.1 Å². The fourth-order valence-corrected chi connectivity index (χ4v) is 3.34.